The summed E-state index contributed by atoms with van der Waals surface area (Å²) in [6, 6.07) is 12.8. The van der Waals surface area contributed by atoms with Gasteiger partial charge in [-0.05, 0) is 47.2 Å². The van der Waals surface area contributed by atoms with Crippen LogP contribution in [-0.4, -0.2) is 47.6 Å². The summed E-state index contributed by atoms with van der Waals surface area (Å²) in [5.74, 6) is -0.748. The van der Waals surface area contributed by atoms with Crippen molar-refractivity contribution in [2.75, 3.05) is 6.54 Å². The van der Waals surface area contributed by atoms with Crippen molar-refractivity contribution in [1.82, 2.24) is 4.31 Å². The number of benzene rings is 2. The zero-order valence-electron chi connectivity index (χ0n) is 18.0. The van der Waals surface area contributed by atoms with Gasteiger partial charge in [0.25, 0.3) is 0 Å². The largest absolute Gasteiger partial charge is 0.489 e. The van der Waals surface area contributed by atoms with E-state index in [9.17, 15) is 23.4 Å². The Labute approximate surface area is 183 Å². The van der Waals surface area contributed by atoms with E-state index in [4.69, 9.17) is 4.74 Å². The highest BCUT2D eigenvalue weighted by Gasteiger charge is 2.40. The van der Waals surface area contributed by atoms with Crippen LogP contribution < -0.4 is 4.74 Å². The molecule has 0 aromatic heterocycles. The lowest BCUT2D eigenvalue weighted by atomic mass is 9.87. The van der Waals surface area contributed by atoms with E-state index in [1.165, 1.54) is 17.7 Å². The van der Waals surface area contributed by atoms with Gasteiger partial charge in [-0.3, -0.25) is 4.79 Å². The predicted molar refractivity (Wildman–Crippen MR) is 116 cm³/mol. The first-order valence-electron chi connectivity index (χ1n) is 10.2. The second kappa shape index (κ2) is 8.98. The number of piperidine rings is 1. The Balaban J connectivity index is 1.68. The molecule has 2 N–H and O–H groups in total. The summed E-state index contributed by atoms with van der Waals surface area (Å²) in [6.45, 7) is 6.77. The third kappa shape index (κ3) is 5.44. The molecule has 31 heavy (non-hydrogen) atoms. The average molecular weight is 448 g/mol. The molecule has 0 amide bonds. The summed E-state index contributed by atoms with van der Waals surface area (Å²) in [5, 5.41) is 19.1. The summed E-state index contributed by atoms with van der Waals surface area (Å²) >= 11 is 0. The van der Waals surface area contributed by atoms with Crippen molar-refractivity contribution in [1.29, 1.82) is 0 Å². The van der Waals surface area contributed by atoms with E-state index in [0.717, 1.165) is 9.87 Å². The van der Waals surface area contributed by atoms with Crippen molar-refractivity contribution >= 4 is 16.0 Å². The molecule has 1 saturated heterocycles. The summed E-state index contributed by atoms with van der Waals surface area (Å²) in [6.07, 6.45) is -0.733. The monoisotopic (exact) mass is 447 g/mol. The van der Waals surface area contributed by atoms with Gasteiger partial charge in [0.1, 0.15) is 18.4 Å². The Morgan fingerprint density at radius 1 is 1.10 bits per heavy atom. The number of aliphatic hydroxyl groups is 1. The summed E-state index contributed by atoms with van der Waals surface area (Å²) in [5.41, 5.74) is 2.31. The number of nitrogens with zero attached hydrogens (tertiary/aromatic N) is 1. The van der Waals surface area contributed by atoms with Crippen LogP contribution in [0.25, 0.3) is 0 Å². The van der Waals surface area contributed by atoms with Crippen molar-refractivity contribution in [2.24, 2.45) is 0 Å². The van der Waals surface area contributed by atoms with Crippen LogP contribution in [0.2, 0.25) is 0 Å². The third-order valence-electron chi connectivity index (χ3n) is 5.47. The molecule has 3 rings (SSSR count). The van der Waals surface area contributed by atoms with Gasteiger partial charge < -0.3 is 14.9 Å². The Morgan fingerprint density at radius 2 is 1.71 bits per heavy atom. The van der Waals surface area contributed by atoms with Crippen molar-refractivity contribution < 1.29 is 28.2 Å². The van der Waals surface area contributed by atoms with E-state index in [2.05, 4.69) is 32.9 Å². The van der Waals surface area contributed by atoms with E-state index in [1.807, 2.05) is 12.1 Å². The van der Waals surface area contributed by atoms with Crippen molar-refractivity contribution in [3.63, 3.8) is 0 Å². The molecule has 1 aliphatic heterocycles. The minimum atomic E-state index is -4.00. The molecular formula is C23H29NO6S. The number of hydrogen-bond acceptors (Lipinski definition) is 5. The topological polar surface area (TPSA) is 104 Å². The molecule has 2 atom stereocenters. The lowest BCUT2D eigenvalue weighted by molar-refractivity contribution is -0.143. The van der Waals surface area contributed by atoms with E-state index in [0.29, 0.717) is 12.4 Å². The molecular weight excluding hydrogens is 418 g/mol. The summed E-state index contributed by atoms with van der Waals surface area (Å²) < 4.78 is 32.6. The fourth-order valence-electron chi connectivity index (χ4n) is 3.55. The van der Waals surface area contributed by atoms with Crippen LogP contribution >= 0.6 is 0 Å². The lowest BCUT2D eigenvalue weighted by Crippen LogP contribution is -2.51. The highest BCUT2D eigenvalue weighted by Crippen LogP contribution is 2.27. The van der Waals surface area contributed by atoms with Gasteiger partial charge in [0.05, 0.1) is 11.0 Å². The van der Waals surface area contributed by atoms with Gasteiger partial charge in [-0.25, -0.2) is 8.42 Å². The van der Waals surface area contributed by atoms with Crippen LogP contribution in [0.4, 0.5) is 0 Å². The van der Waals surface area contributed by atoms with Gasteiger partial charge in [-0.1, -0.05) is 45.0 Å². The number of sulfonamides is 1. The third-order valence-corrected chi connectivity index (χ3v) is 7.39. The molecule has 0 aliphatic carbocycles. The molecule has 1 aliphatic rings. The number of carboxylic acid groups (broad SMARTS) is 1. The fourth-order valence-corrected chi connectivity index (χ4v) is 5.16. The molecule has 1 fully saturated rings. The maximum Gasteiger partial charge on any atom is 0.322 e. The molecule has 2 aromatic carbocycles. The molecule has 2 unspecified atom stereocenters. The highest BCUT2D eigenvalue weighted by atomic mass is 32.2. The number of ether oxygens (including phenoxy) is 1. The number of carboxylic acids is 1. The Kier molecular flexibility index (Phi) is 6.73. The molecule has 1 heterocycles. The average Bonchev–Trinajstić information content (AvgIpc) is 2.72. The van der Waals surface area contributed by atoms with Crippen molar-refractivity contribution in [3.8, 4) is 5.75 Å². The first-order valence-corrected chi connectivity index (χ1v) is 11.7. The van der Waals surface area contributed by atoms with Gasteiger partial charge in [0.2, 0.25) is 10.0 Å². The molecule has 0 spiro atoms. The normalized spacial score (nSPS) is 20.4. The number of aliphatic carboxylic acids is 1. The second-order valence-corrected chi connectivity index (χ2v) is 10.7. The minimum absolute atomic E-state index is 0.00276. The number of carbonyl (C=O) groups is 1. The van der Waals surface area contributed by atoms with Crippen LogP contribution in [0.3, 0.4) is 0 Å². The van der Waals surface area contributed by atoms with E-state index in [-0.39, 0.29) is 29.7 Å². The molecule has 8 heteroatoms. The number of hydrogen-bond donors (Lipinski definition) is 2. The Morgan fingerprint density at radius 3 is 2.26 bits per heavy atom. The summed E-state index contributed by atoms with van der Waals surface area (Å²) in [7, 11) is -4.00. The predicted octanol–water partition coefficient (Wildman–Crippen LogP) is 3.16. The van der Waals surface area contributed by atoms with E-state index in [1.54, 1.807) is 12.1 Å². The van der Waals surface area contributed by atoms with E-state index >= 15 is 0 Å². The molecule has 0 radical (unpaired) electrons. The second-order valence-electron chi connectivity index (χ2n) is 8.85. The molecule has 0 saturated carbocycles. The van der Waals surface area contributed by atoms with Gasteiger partial charge >= 0.3 is 5.97 Å². The molecule has 0 bridgehead atoms. The standard InChI is InChI=1S/C23H29NO6S/c1-23(2,3)17-6-4-16(5-7-17)15-30-19-8-10-20(11-9-19)31(28,29)24-13-12-18(25)14-21(24)22(26)27/h4-11,18,21,25H,12-15H2,1-3H3,(H,26,27). The minimum Gasteiger partial charge on any atom is -0.489 e. The first kappa shape index (κ1) is 23.2. The fraction of sp³-hybridized carbons (Fsp3) is 0.435. The first-order chi connectivity index (χ1) is 14.5. The molecule has 2 aromatic rings. The van der Waals surface area contributed by atoms with Crippen LogP contribution in [-0.2, 0) is 26.8 Å². The smallest absolute Gasteiger partial charge is 0.322 e. The number of aliphatic hydroxyl groups excluding tert-OH is 1. The maximum atomic E-state index is 13.0. The van der Waals surface area contributed by atoms with Crippen LogP contribution in [0.1, 0.15) is 44.7 Å². The van der Waals surface area contributed by atoms with E-state index < -0.39 is 28.1 Å². The summed E-state index contributed by atoms with van der Waals surface area (Å²) in [4.78, 5) is 11.5. The maximum absolute atomic E-state index is 13.0. The van der Waals surface area contributed by atoms with Gasteiger partial charge in [-0.15, -0.1) is 0 Å². The quantitative estimate of drug-likeness (QED) is 0.705. The zero-order valence-corrected chi connectivity index (χ0v) is 18.8. The van der Waals surface area contributed by atoms with Crippen molar-refractivity contribution in [2.45, 2.75) is 62.7 Å². The lowest BCUT2D eigenvalue weighted by Gasteiger charge is -2.34. The zero-order chi connectivity index (χ0) is 22.8. The Hall–Kier alpha value is -2.42. The van der Waals surface area contributed by atoms with Gasteiger partial charge in [-0.2, -0.15) is 4.31 Å². The molecule has 7 nitrogen and oxygen atoms in total. The highest BCUT2D eigenvalue weighted by molar-refractivity contribution is 7.89. The number of rotatable bonds is 6. The SMILES string of the molecule is CC(C)(C)c1ccc(COc2ccc(S(=O)(=O)N3CCC(O)CC3C(=O)O)cc2)cc1. The van der Waals surface area contributed by atoms with Gasteiger partial charge in [0.15, 0.2) is 0 Å². The van der Waals surface area contributed by atoms with Gasteiger partial charge in [0, 0.05) is 13.0 Å². The van der Waals surface area contributed by atoms with Crippen LogP contribution in [0.5, 0.6) is 5.75 Å². The Bertz CT molecular complexity index is 1010. The van der Waals surface area contributed by atoms with Crippen molar-refractivity contribution in [3.05, 3.63) is 59.7 Å². The van der Waals surface area contributed by atoms with Crippen LogP contribution in [0, 0.1) is 0 Å². The molecule has 168 valence electrons. The van der Waals surface area contributed by atoms with Crippen LogP contribution in [0.15, 0.2) is 53.4 Å².